The van der Waals surface area contributed by atoms with Crippen LogP contribution in [-0.4, -0.2) is 0 Å². The topological polar surface area (TPSA) is 0 Å². The highest BCUT2D eigenvalue weighted by Gasteiger charge is 2.33. The molecule has 9 aliphatic carbocycles. The van der Waals surface area contributed by atoms with Gasteiger partial charge in [0.2, 0.25) is 0 Å². The molecule has 0 nitrogen and oxygen atoms in total. The van der Waals surface area contributed by atoms with Crippen molar-refractivity contribution >= 4 is 0 Å². The Morgan fingerprint density at radius 1 is 0.292 bits per heavy atom. The summed E-state index contributed by atoms with van der Waals surface area (Å²) in [7, 11) is 0. The standard InChI is InChI=1S/9C8H16/c2*1-6-4-7(2)8(3)5-6;2*1-7-4-5-8(2,3)6-7;2*1-7-5-4-6-8(7,2)3;2*1-6-4-5-7(2)8(6)3;1-3-8-6-4-5-7(8)2/h2*6-8H,4-5H2,1-3H3;4*7H,4-6H2,1-3H3;2*6-8H,4-5H2,1-3H3;7-8H,3-6H2,1-2H3/t6?,7-,8?;;7-;;;;;;/m0.0....../s1. The lowest BCUT2D eigenvalue weighted by molar-refractivity contribution is 0.281. The third-order valence-electron chi connectivity index (χ3n) is 23.4. The molecule has 0 bridgehead atoms. The van der Waals surface area contributed by atoms with Gasteiger partial charge in [-0.15, -0.1) is 0 Å². The smallest absolute Gasteiger partial charge is 0.0329 e. The van der Waals surface area contributed by atoms with E-state index in [-0.39, 0.29) is 0 Å². The third-order valence-corrected chi connectivity index (χ3v) is 23.4. The molecule has 0 heterocycles. The molecular weight excluding hydrogens is 865 g/mol. The van der Waals surface area contributed by atoms with E-state index in [1.165, 1.54) is 154 Å². The molecule has 0 saturated heterocycles. The van der Waals surface area contributed by atoms with Crippen LogP contribution in [0.25, 0.3) is 0 Å². The van der Waals surface area contributed by atoms with Crippen LogP contribution in [-0.2, 0) is 0 Å². The lowest BCUT2D eigenvalue weighted by atomic mass is 9.83. The van der Waals surface area contributed by atoms with Crippen LogP contribution in [0.2, 0.25) is 0 Å². The van der Waals surface area contributed by atoms with Gasteiger partial charge in [-0.3, -0.25) is 0 Å². The zero-order valence-electron chi connectivity index (χ0n) is 55.4. The maximum Gasteiger partial charge on any atom is -0.0329 e. The minimum atomic E-state index is 0.653. The van der Waals surface area contributed by atoms with Gasteiger partial charge in [0.05, 0.1) is 0 Å². The van der Waals surface area contributed by atoms with Gasteiger partial charge in [-0.1, -0.05) is 270 Å². The van der Waals surface area contributed by atoms with E-state index in [1.54, 1.807) is 0 Å². The van der Waals surface area contributed by atoms with Gasteiger partial charge in [0, 0.05) is 0 Å². The molecule has 9 rings (SSSR count). The fraction of sp³-hybridized carbons (Fsp3) is 1.00. The molecule has 0 aliphatic heterocycles. The number of rotatable bonds is 1. The molecule has 9 saturated carbocycles. The Hall–Kier alpha value is 0. The average Bonchev–Trinajstić information content (AvgIpc) is 4.20. The molecule has 15 atom stereocenters. The molecule has 0 aromatic heterocycles. The van der Waals surface area contributed by atoms with E-state index in [4.69, 9.17) is 0 Å². The molecule has 72 heavy (non-hydrogen) atoms. The van der Waals surface area contributed by atoms with Gasteiger partial charge in [0.1, 0.15) is 0 Å². The van der Waals surface area contributed by atoms with E-state index < -0.39 is 0 Å². The van der Waals surface area contributed by atoms with Crippen molar-refractivity contribution in [1.29, 1.82) is 0 Å². The summed E-state index contributed by atoms with van der Waals surface area (Å²) < 4.78 is 0. The Bertz CT molecular complexity index is 1210. The monoisotopic (exact) mass is 1010 g/mol. The molecule has 9 fully saturated rings. The first-order valence-electron chi connectivity index (χ1n) is 33.1. The summed E-state index contributed by atoms with van der Waals surface area (Å²) in [5.41, 5.74) is 2.64. The van der Waals surface area contributed by atoms with Crippen LogP contribution >= 0.6 is 0 Å². The van der Waals surface area contributed by atoms with Gasteiger partial charge in [-0.25, -0.2) is 0 Å². The summed E-state index contributed by atoms with van der Waals surface area (Å²) in [5, 5.41) is 0. The molecule has 13 unspecified atom stereocenters. The first kappa shape index (κ1) is 70.0. The van der Waals surface area contributed by atoms with Crippen molar-refractivity contribution < 1.29 is 0 Å². The summed E-state index contributed by atoms with van der Waals surface area (Å²) >= 11 is 0. The van der Waals surface area contributed by atoms with Crippen LogP contribution in [0, 0.1) is 128 Å². The van der Waals surface area contributed by atoms with Crippen molar-refractivity contribution in [1.82, 2.24) is 0 Å². The van der Waals surface area contributed by atoms with Crippen LogP contribution in [0.1, 0.15) is 334 Å². The maximum absolute atomic E-state index is 2.39. The van der Waals surface area contributed by atoms with Gasteiger partial charge in [0.25, 0.3) is 0 Å². The molecule has 0 heteroatoms. The highest BCUT2D eigenvalue weighted by Crippen LogP contribution is 2.44. The Kier molecular flexibility index (Phi) is 32.5. The minimum absolute atomic E-state index is 0.653. The van der Waals surface area contributed by atoms with E-state index in [0.717, 1.165) is 107 Å². The van der Waals surface area contributed by atoms with Crippen molar-refractivity contribution in [3.8, 4) is 0 Å². The molecule has 0 radical (unpaired) electrons. The van der Waals surface area contributed by atoms with Crippen molar-refractivity contribution in [2.75, 3.05) is 0 Å². The maximum atomic E-state index is 2.39. The van der Waals surface area contributed by atoms with Crippen LogP contribution < -0.4 is 0 Å². The highest BCUT2D eigenvalue weighted by atomic mass is 14.4. The molecule has 0 amide bonds. The first-order chi connectivity index (χ1) is 33.1. The predicted octanol–water partition coefficient (Wildman–Crippen LogP) is 24.9. The second-order valence-electron chi connectivity index (χ2n) is 32.5. The fourth-order valence-corrected chi connectivity index (χ4v) is 15.3. The van der Waals surface area contributed by atoms with Crippen LogP contribution in [0.15, 0.2) is 0 Å². The van der Waals surface area contributed by atoms with Crippen molar-refractivity contribution in [3.05, 3.63) is 0 Å². The van der Waals surface area contributed by atoms with Gasteiger partial charge in [0.15, 0.2) is 0 Å². The summed E-state index contributed by atoms with van der Waals surface area (Å²) in [5.74, 6) is 17.9. The Morgan fingerprint density at radius 2 is 0.597 bits per heavy atom. The minimum Gasteiger partial charge on any atom is -0.0651 e. The van der Waals surface area contributed by atoms with Gasteiger partial charge >= 0.3 is 0 Å². The molecule has 9 aliphatic rings. The molecule has 0 aromatic carbocycles. The summed E-state index contributed by atoms with van der Waals surface area (Å²) in [4.78, 5) is 0. The Morgan fingerprint density at radius 3 is 0.681 bits per heavy atom. The first-order valence-corrected chi connectivity index (χ1v) is 33.1. The van der Waals surface area contributed by atoms with Crippen LogP contribution in [0.4, 0.5) is 0 Å². The van der Waals surface area contributed by atoms with Crippen LogP contribution in [0.3, 0.4) is 0 Å². The SMILES string of the molecule is CC1CC(C)C(C)C1.CC1CC(C)[C@@H](C)C1.CC1CCC(C)(C)C1.CC1CCC(C)C1C.CC1CCC(C)C1C.CC1CCCC1(C)C.CC1CCCC1(C)C.CCC1CCCC1C.C[C@H]1CCC(C)(C)C1. The van der Waals surface area contributed by atoms with Crippen molar-refractivity contribution in [3.63, 3.8) is 0 Å². The second-order valence-corrected chi connectivity index (χ2v) is 32.5. The summed E-state index contributed by atoms with van der Waals surface area (Å²) in [6.45, 7) is 61.6. The third kappa shape index (κ3) is 27.5. The Balaban J connectivity index is 0.000000405. The van der Waals surface area contributed by atoms with Crippen molar-refractivity contribution in [2.45, 2.75) is 334 Å². The van der Waals surface area contributed by atoms with E-state index >= 15 is 0 Å². The molecule has 432 valence electrons. The van der Waals surface area contributed by atoms with Crippen LogP contribution in [0.5, 0.6) is 0 Å². The molecule has 0 N–H and O–H groups in total. The van der Waals surface area contributed by atoms with Gasteiger partial charge in [-0.05, 0) is 192 Å². The predicted molar refractivity (Wildman–Crippen MR) is 331 cm³/mol. The van der Waals surface area contributed by atoms with Crippen molar-refractivity contribution in [2.24, 2.45) is 128 Å². The highest BCUT2D eigenvalue weighted by molar-refractivity contribution is 4.84. The zero-order chi connectivity index (χ0) is 55.4. The molecular formula is C72H144. The number of hydrogen-bond acceptors (Lipinski definition) is 0. The summed E-state index contributed by atoms with van der Waals surface area (Å²) in [6, 6.07) is 0. The van der Waals surface area contributed by atoms with E-state index in [0.29, 0.717) is 21.7 Å². The summed E-state index contributed by atoms with van der Waals surface area (Å²) in [6.07, 6.45) is 34.9. The second kappa shape index (κ2) is 33.4. The average molecular weight is 1010 g/mol. The molecule has 0 spiro atoms. The number of hydrogen-bond donors (Lipinski definition) is 0. The quantitative estimate of drug-likeness (QED) is 0.246. The lowest BCUT2D eigenvalue weighted by Gasteiger charge is -2.22. The van der Waals surface area contributed by atoms with E-state index in [2.05, 4.69) is 180 Å². The Labute approximate surface area is 460 Å². The van der Waals surface area contributed by atoms with E-state index in [9.17, 15) is 0 Å². The van der Waals surface area contributed by atoms with E-state index in [1.807, 2.05) is 0 Å². The fourth-order valence-electron chi connectivity index (χ4n) is 15.3. The molecule has 0 aromatic rings. The normalized spacial score (nSPS) is 41.2. The lowest BCUT2D eigenvalue weighted by Crippen LogP contribution is -2.13. The largest absolute Gasteiger partial charge is 0.0651 e. The van der Waals surface area contributed by atoms with Gasteiger partial charge < -0.3 is 0 Å². The van der Waals surface area contributed by atoms with Gasteiger partial charge in [-0.2, -0.15) is 0 Å². The zero-order valence-corrected chi connectivity index (χ0v) is 55.4.